The third-order valence-electron chi connectivity index (χ3n) is 5.18. The number of nitrogens with zero attached hydrogens (tertiary/aromatic N) is 3. The van der Waals surface area contributed by atoms with Crippen LogP contribution in [0.2, 0.25) is 0 Å². The summed E-state index contributed by atoms with van der Waals surface area (Å²) >= 11 is 0. The first-order chi connectivity index (χ1) is 14.3. The van der Waals surface area contributed by atoms with Gasteiger partial charge in [0.25, 0.3) is 5.91 Å². The molecule has 1 aromatic heterocycles. The first kappa shape index (κ1) is 19.8. The van der Waals surface area contributed by atoms with E-state index in [-0.39, 0.29) is 17.9 Å². The molecule has 1 amide bonds. The van der Waals surface area contributed by atoms with E-state index in [4.69, 9.17) is 4.42 Å². The Morgan fingerprint density at radius 1 is 0.933 bits per heavy atom. The first-order valence-electron chi connectivity index (χ1n) is 9.99. The predicted molar refractivity (Wildman–Crippen MR) is 118 cm³/mol. The van der Waals surface area contributed by atoms with E-state index in [1.807, 2.05) is 54.6 Å². The number of rotatable bonds is 4. The molecular weight excluding hydrogens is 374 g/mol. The van der Waals surface area contributed by atoms with Gasteiger partial charge in [0, 0.05) is 18.2 Å². The lowest BCUT2D eigenvalue weighted by molar-refractivity contribution is 0.0773. The van der Waals surface area contributed by atoms with Gasteiger partial charge in [0.05, 0.1) is 6.54 Å². The number of fused-ring (bicyclic) bond motifs is 1. The topological polar surface area (TPSA) is 59.2 Å². The summed E-state index contributed by atoms with van der Waals surface area (Å²) in [5.74, 6) is 0.772. The molecule has 0 radical (unpaired) electrons. The molecule has 4 rings (SSSR count). The van der Waals surface area contributed by atoms with E-state index in [0.29, 0.717) is 17.3 Å². The van der Waals surface area contributed by atoms with Gasteiger partial charge >= 0.3 is 0 Å². The summed E-state index contributed by atoms with van der Waals surface area (Å²) in [6, 6.07) is 21.8. The van der Waals surface area contributed by atoms with Crippen molar-refractivity contribution in [1.82, 2.24) is 15.1 Å². The second kappa shape index (κ2) is 7.75. The Morgan fingerprint density at radius 2 is 1.63 bits per heavy atom. The zero-order valence-corrected chi connectivity index (χ0v) is 17.7. The number of amides is 1. The third kappa shape index (κ3) is 4.10. The Bertz CT molecular complexity index is 1190. The highest BCUT2D eigenvalue weighted by Crippen LogP contribution is 2.26. The summed E-state index contributed by atoms with van der Waals surface area (Å²) in [5, 5.41) is 10.4. The van der Waals surface area contributed by atoms with Gasteiger partial charge in [-0.2, -0.15) is 0 Å². The zero-order chi connectivity index (χ0) is 21.3. The lowest BCUT2D eigenvalue weighted by Gasteiger charge is -2.18. The van der Waals surface area contributed by atoms with E-state index in [0.717, 1.165) is 16.3 Å². The Balaban J connectivity index is 1.48. The number of aromatic nitrogens is 2. The molecule has 0 bridgehead atoms. The van der Waals surface area contributed by atoms with Crippen molar-refractivity contribution in [2.75, 3.05) is 7.05 Å². The molecule has 0 unspecified atom stereocenters. The van der Waals surface area contributed by atoms with Crippen LogP contribution in [-0.2, 0) is 12.0 Å². The lowest BCUT2D eigenvalue weighted by atomic mass is 9.87. The van der Waals surface area contributed by atoms with Crippen molar-refractivity contribution < 1.29 is 9.21 Å². The molecule has 0 fully saturated rings. The third-order valence-corrected chi connectivity index (χ3v) is 5.18. The maximum atomic E-state index is 12.8. The van der Waals surface area contributed by atoms with Gasteiger partial charge in [-0.15, -0.1) is 10.2 Å². The molecule has 0 saturated carbocycles. The fourth-order valence-electron chi connectivity index (χ4n) is 3.36. The van der Waals surface area contributed by atoms with Gasteiger partial charge in [-0.25, -0.2) is 0 Å². The number of benzene rings is 3. The van der Waals surface area contributed by atoms with Crippen LogP contribution in [0.3, 0.4) is 0 Å². The van der Waals surface area contributed by atoms with Crippen LogP contribution in [0.15, 0.2) is 71.1 Å². The molecule has 30 heavy (non-hydrogen) atoms. The van der Waals surface area contributed by atoms with Gasteiger partial charge < -0.3 is 9.32 Å². The van der Waals surface area contributed by atoms with E-state index < -0.39 is 0 Å². The molecule has 1 heterocycles. The summed E-state index contributed by atoms with van der Waals surface area (Å²) in [7, 11) is 1.74. The molecule has 0 saturated heterocycles. The lowest BCUT2D eigenvalue weighted by Crippen LogP contribution is -2.26. The molecule has 152 valence electrons. The average Bonchev–Trinajstić information content (AvgIpc) is 3.20. The molecule has 3 aromatic carbocycles. The van der Waals surface area contributed by atoms with Crippen LogP contribution in [0, 0.1) is 0 Å². The first-order valence-corrected chi connectivity index (χ1v) is 9.99. The molecule has 5 nitrogen and oxygen atoms in total. The van der Waals surface area contributed by atoms with E-state index in [1.54, 1.807) is 11.9 Å². The highest BCUT2D eigenvalue weighted by atomic mass is 16.4. The minimum atomic E-state index is -0.0879. The van der Waals surface area contributed by atoms with Crippen LogP contribution in [0.4, 0.5) is 0 Å². The second-order valence-electron chi connectivity index (χ2n) is 8.55. The molecule has 0 aliphatic rings. The SMILES string of the molecule is CN(Cc1nnc(-c2ccc(C(C)(C)C)cc2)o1)C(=O)c1ccc2ccccc2c1. The maximum Gasteiger partial charge on any atom is 0.254 e. The van der Waals surface area contributed by atoms with Gasteiger partial charge in [0.2, 0.25) is 11.8 Å². The average molecular weight is 399 g/mol. The summed E-state index contributed by atoms with van der Waals surface area (Å²) < 4.78 is 5.81. The maximum absolute atomic E-state index is 12.8. The van der Waals surface area contributed by atoms with Gasteiger partial charge in [0.1, 0.15) is 0 Å². The molecule has 5 heteroatoms. The van der Waals surface area contributed by atoms with Crippen LogP contribution in [0.25, 0.3) is 22.2 Å². The zero-order valence-electron chi connectivity index (χ0n) is 17.7. The number of hydrogen-bond donors (Lipinski definition) is 0. The van der Waals surface area contributed by atoms with Crippen molar-refractivity contribution in [2.24, 2.45) is 0 Å². The van der Waals surface area contributed by atoms with Crippen LogP contribution >= 0.6 is 0 Å². The molecule has 0 spiro atoms. The van der Waals surface area contributed by atoms with Gasteiger partial charge in [0.15, 0.2) is 0 Å². The summed E-state index contributed by atoms with van der Waals surface area (Å²) in [4.78, 5) is 14.4. The van der Waals surface area contributed by atoms with E-state index in [1.165, 1.54) is 5.56 Å². The van der Waals surface area contributed by atoms with Crippen molar-refractivity contribution in [1.29, 1.82) is 0 Å². The van der Waals surface area contributed by atoms with Gasteiger partial charge in [-0.05, 0) is 46.0 Å². The summed E-state index contributed by atoms with van der Waals surface area (Å²) in [5.41, 5.74) is 2.83. The minimum Gasteiger partial charge on any atom is -0.419 e. The van der Waals surface area contributed by atoms with Crippen LogP contribution in [0.5, 0.6) is 0 Å². The van der Waals surface area contributed by atoms with Crippen molar-refractivity contribution in [2.45, 2.75) is 32.7 Å². The number of carbonyl (C=O) groups excluding carboxylic acids is 1. The van der Waals surface area contributed by atoms with Crippen molar-refractivity contribution in [3.8, 4) is 11.5 Å². The normalized spacial score (nSPS) is 11.6. The van der Waals surface area contributed by atoms with E-state index >= 15 is 0 Å². The quantitative estimate of drug-likeness (QED) is 0.457. The Labute approximate surface area is 176 Å². The van der Waals surface area contributed by atoms with Crippen LogP contribution in [0.1, 0.15) is 42.6 Å². The highest BCUT2D eigenvalue weighted by molar-refractivity contribution is 5.98. The van der Waals surface area contributed by atoms with Crippen molar-refractivity contribution in [3.63, 3.8) is 0 Å². The Kier molecular flexibility index (Phi) is 5.12. The molecule has 0 aliphatic heterocycles. The minimum absolute atomic E-state index is 0.0877. The smallest absolute Gasteiger partial charge is 0.254 e. The van der Waals surface area contributed by atoms with Crippen molar-refractivity contribution in [3.05, 3.63) is 83.7 Å². The molecular formula is C25H25N3O2. The van der Waals surface area contributed by atoms with Crippen molar-refractivity contribution >= 4 is 16.7 Å². The Morgan fingerprint density at radius 3 is 2.33 bits per heavy atom. The monoisotopic (exact) mass is 399 g/mol. The Hall–Kier alpha value is -3.47. The number of carbonyl (C=O) groups is 1. The molecule has 4 aromatic rings. The molecule has 0 N–H and O–H groups in total. The van der Waals surface area contributed by atoms with Crippen LogP contribution < -0.4 is 0 Å². The van der Waals surface area contributed by atoms with E-state index in [2.05, 4.69) is 43.1 Å². The van der Waals surface area contributed by atoms with Crippen LogP contribution in [-0.4, -0.2) is 28.1 Å². The van der Waals surface area contributed by atoms with Gasteiger partial charge in [-0.1, -0.05) is 63.2 Å². The fourth-order valence-corrected chi connectivity index (χ4v) is 3.36. The highest BCUT2D eigenvalue weighted by Gasteiger charge is 2.17. The summed E-state index contributed by atoms with van der Waals surface area (Å²) in [6.45, 7) is 6.78. The van der Waals surface area contributed by atoms with E-state index in [9.17, 15) is 4.79 Å². The fraction of sp³-hybridized carbons (Fsp3) is 0.240. The largest absolute Gasteiger partial charge is 0.419 e. The molecule has 0 aliphatic carbocycles. The standard InChI is InChI=1S/C25H25N3O2/c1-25(2,3)21-13-11-18(12-14-21)23-27-26-22(30-23)16-28(4)24(29)20-10-9-17-7-5-6-8-19(17)15-20/h5-15H,16H2,1-4H3. The number of hydrogen-bond acceptors (Lipinski definition) is 4. The molecule has 0 atom stereocenters. The second-order valence-corrected chi connectivity index (χ2v) is 8.55. The van der Waals surface area contributed by atoms with Gasteiger partial charge in [-0.3, -0.25) is 4.79 Å². The summed E-state index contributed by atoms with van der Waals surface area (Å²) in [6.07, 6.45) is 0. The predicted octanol–water partition coefficient (Wildman–Crippen LogP) is 5.46.